The molecule has 1 heterocycles. The van der Waals surface area contributed by atoms with Crippen LogP contribution in [0.5, 0.6) is 0 Å². The molecule has 0 unspecified atom stereocenters. The predicted molar refractivity (Wildman–Crippen MR) is 95.2 cm³/mol. The third-order valence-electron chi connectivity index (χ3n) is 3.60. The third-order valence-corrected chi connectivity index (χ3v) is 3.60. The normalized spacial score (nSPS) is 10.7. The van der Waals surface area contributed by atoms with Crippen molar-refractivity contribution in [2.45, 2.75) is 13.3 Å². The summed E-state index contributed by atoms with van der Waals surface area (Å²) in [5, 5.41) is 9.25. The Morgan fingerprint density at radius 3 is 2.52 bits per heavy atom. The fourth-order valence-electron chi connectivity index (χ4n) is 2.12. The highest BCUT2D eigenvalue weighted by Crippen LogP contribution is 2.20. The average molecular weight is 344 g/mol. The van der Waals surface area contributed by atoms with Crippen molar-refractivity contribution in [3.8, 4) is 11.3 Å². The van der Waals surface area contributed by atoms with Crippen molar-refractivity contribution in [1.82, 2.24) is 20.7 Å². The maximum atomic E-state index is 12.1. The molecule has 0 spiro atoms. The fraction of sp³-hybridized carbons (Fsp3) is 0.389. The molecule has 2 aromatic rings. The molecule has 0 aliphatic rings. The van der Waals surface area contributed by atoms with Crippen LogP contribution in [0.1, 0.15) is 22.5 Å². The number of nitrogens with zero attached hydrogens (tertiary/aromatic N) is 2. The molecule has 0 atom stereocenters. The van der Waals surface area contributed by atoms with Crippen molar-refractivity contribution in [3.63, 3.8) is 0 Å². The maximum absolute atomic E-state index is 12.1. The number of rotatable bonds is 8. The molecular weight excluding hydrogens is 320 g/mol. The Kier molecular flexibility index (Phi) is 6.71. The summed E-state index contributed by atoms with van der Waals surface area (Å²) in [6.45, 7) is 3.61. The van der Waals surface area contributed by atoms with Gasteiger partial charge in [-0.2, -0.15) is 0 Å². The second-order valence-electron chi connectivity index (χ2n) is 6.10. The summed E-state index contributed by atoms with van der Waals surface area (Å²) < 4.78 is 5.22. The van der Waals surface area contributed by atoms with Gasteiger partial charge in [-0.05, 0) is 21.0 Å². The van der Waals surface area contributed by atoms with E-state index in [-0.39, 0.29) is 30.5 Å². The molecule has 134 valence electrons. The largest absolute Gasteiger partial charge is 0.355 e. The number of aryl methyl sites for hydroxylation is 1. The van der Waals surface area contributed by atoms with E-state index >= 15 is 0 Å². The van der Waals surface area contributed by atoms with Crippen molar-refractivity contribution in [1.29, 1.82) is 0 Å². The van der Waals surface area contributed by atoms with Gasteiger partial charge in [0.2, 0.25) is 5.91 Å². The van der Waals surface area contributed by atoms with Crippen LogP contribution in [-0.2, 0) is 4.79 Å². The molecule has 25 heavy (non-hydrogen) atoms. The first-order valence-corrected chi connectivity index (χ1v) is 8.19. The Morgan fingerprint density at radius 1 is 1.12 bits per heavy atom. The molecule has 0 saturated heterocycles. The lowest BCUT2D eigenvalue weighted by atomic mass is 10.1. The van der Waals surface area contributed by atoms with Gasteiger partial charge in [0.25, 0.3) is 5.91 Å². The lowest BCUT2D eigenvalue weighted by Gasteiger charge is -2.10. The van der Waals surface area contributed by atoms with Crippen LogP contribution >= 0.6 is 0 Å². The van der Waals surface area contributed by atoms with Crippen LogP contribution in [0.3, 0.4) is 0 Å². The minimum absolute atomic E-state index is 0.0948. The molecule has 7 nitrogen and oxygen atoms in total. The van der Waals surface area contributed by atoms with Crippen LogP contribution in [0.25, 0.3) is 11.3 Å². The molecule has 0 fully saturated rings. The highest BCUT2D eigenvalue weighted by atomic mass is 16.5. The number of amides is 2. The number of carbonyl (C=O) groups excluding carboxylic acids is 2. The number of hydrogen-bond donors (Lipinski definition) is 2. The minimum Gasteiger partial charge on any atom is -0.355 e. The molecule has 2 N–H and O–H groups in total. The number of hydrogen-bond acceptors (Lipinski definition) is 5. The van der Waals surface area contributed by atoms with E-state index in [4.69, 9.17) is 4.52 Å². The van der Waals surface area contributed by atoms with Gasteiger partial charge in [-0.15, -0.1) is 0 Å². The van der Waals surface area contributed by atoms with E-state index in [0.717, 1.165) is 17.7 Å². The average Bonchev–Trinajstić information content (AvgIpc) is 3.05. The van der Waals surface area contributed by atoms with E-state index in [2.05, 4.69) is 15.8 Å². The Morgan fingerprint density at radius 2 is 1.84 bits per heavy atom. The Labute approximate surface area is 147 Å². The van der Waals surface area contributed by atoms with Crippen molar-refractivity contribution in [2.75, 3.05) is 33.7 Å². The Balaban J connectivity index is 1.78. The molecule has 1 aromatic heterocycles. The fourth-order valence-corrected chi connectivity index (χ4v) is 2.12. The maximum Gasteiger partial charge on any atom is 0.273 e. The van der Waals surface area contributed by atoms with Crippen LogP contribution in [0.2, 0.25) is 0 Å². The summed E-state index contributed by atoms with van der Waals surface area (Å²) >= 11 is 0. The standard InChI is InChI=1S/C18H24N4O3/c1-13-4-6-14(7-5-13)16-12-15(21-25-16)18(24)20-9-8-17(23)19-10-11-22(2)3/h4-7,12H,8-11H2,1-3H3,(H,19,23)(H,20,24). The summed E-state index contributed by atoms with van der Waals surface area (Å²) in [6, 6.07) is 9.35. The smallest absolute Gasteiger partial charge is 0.273 e. The van der Waals surface area contributed by atoms with Crippen LogP contribution in [0.15, 0.2) is 34.9 Å². The molecule has 0 saturated carbocycles. The molecule has 2 amide bonds. The zero-order valence-electron chi connectivity index (χ0n) is 14.8. The number of aromatic nitrogens is 1. The number of likely N-dealkylation sites (N-methyl/N-ethyl adjacent to an activating group) is 1. The SMILES string of the molecule is Cc1ccc(-c2cc(C(=O)NCCC(=O)NCCN(C)C)no2)cc1. The molecule has 2 rings (SSSR count). The van der Waals surface area contributed by atoms with Gasteiger partial charge in [-0.1, -0.05) is 35.0 Å². The van der Waals surface area contributed by atoms with Gasteiger partial charge in [0.15, 0.2) is 11.5 Å². The summed E-state index contributed by atoms with van der Waals surface area (Å²) in [5.41, 5.74) is 2.20. The van der Waals surface area contributed by atoms with Gasteiger partial charge in [-0.3, -0.25) is 9.59 Å². The topological polar surface area (TPSA) is 87.5 Å². The number of benzene rings is 1. The van der Waals surface area contributed by atoms with Gasteiger partial charge >= 0.3 is 0 Å². The van der Waals surface area contributed by atoms with E-state index in [1.165, 1.54) is 0 Å². The van der Waals surface area contributed by atoms with Crippen LogP contribution in [-0.4, -0.2) is 55.6 Å². The minimum atomic E-state index is -0.358. The molecule has 1 aromatic carbocycles. The molecule has 7 heteroatoms. The number of carbonyl (C=O) groups is 2. The highest BCUT2D eigenvalue weighted by Gasteiger charge is 2.13. The second kappa shape index (κ2) is 8.98. The lowest BCUT2D eigenvalue weighted by molar-refractivity contribution is -0.120. The van der Waals surface area contributed by atoms with Crippen molar-refractivity contribution in [2.24, 2.45) is 0 Å². The van der Waals surface area contributed by atoms with Crippen LogP contribution < -0.4 is 10.6 Å². The summed E-state index contributed by atoms with van der Waals surface area (Å²) in [5.74, 6) is 0.0810. The van der Waals surface area contributed by atoms with E-state index in [9.17, 15) is 9.59 Å². The quantitative estimate of drug-likeness (QED) is 0.757. The highest BCUT2D eigenvalue weighted by molar-refractivity contribution is 5.93. The first-order chi connectivity index (χ1) is 12.0. The van der Waals surface area contributed by atoms with Crippen LogP contribution in [0.4, 0.5) is 0 Å². The first kappa shape index (κ1) is 18.7. The summed E-state index contributed by atoms with van der Waals surface area (Å²) in [4.78, 5) is 25.7. The van der Waals surface area contributed by atoms with E-state index in [0.29, 0.717) is 12.3 Å². The van der Waals surface area contributed by atoms with Gasteiger partial charge in [0.1, 0.15) is 0 Å². The molecule has 0 bridgehead atoms. The number of nitrogens with one attached hydrogen (secondary N) is 2. The second-order valence-corrected chi connectivity index (χ2v) is 6.10. The monoisotopic (exact) mass is 344 g/mol. The zero-order chi connectivity index (χ0) is 18.2. The van der Waals surface area contributed by atoms with Crippen molar-refractivity contribution >= 4 is 11.8 Å². The molecule has 0 radical (unpaired) electrons. The summed E-state index contributed by atoms with van der Waals surface area (Å²) in [7, 11) is 3.88. The van der Waals surface area contributed by atoms with Gasteiger partial charge < -0.3 is 20.1 Å². The van der Waals surface area contributed by atoms with Crippen molar-refractivity contribution in [3.05, 3.63) is 41.6 Å². The third kappa shape index (κ3) is 6.04. The first-order valence-electron chi connectivity index (χ1n) is 8.19. The predicted octanol–water partition coefficient (Wildman–Crippen LogP) is 1.45. The lowest BCUT2D eigenvalue weighted by Crippen LogP contribution is -2.34. The molecule has 0 aliphatic carbocycles. The van der Waals surface area contributed by atoms with E-state index in [1.807, 2.05) is 50.2 Å². The molecular formula is C18H24N4O3. The van der Waals surface area contributed by atoms with Gasteiger partial charge in [-0.25, -0.2) is 0 Å². The Hall–Kier alpha value is -2.67. The van der Waals surface area contributed by atoms with Gasteiger partial charge in [0.05, 0.1) is 0 Å². The van der Waals surface area contributed by atoms with E-state index in [1.54, 1.807) is 6.07 Å². The molecule has 0 aliphatic heterocycles. The van der Waals surface area contributed by atoms with E-state index < -0.39 is 0 Å². The van der Waals surface area contributed by atoms with Crippen LogP contribution in [0, 0.1) is 6.92 Å². The van der Waals surface area contributed by atoms with Crippen molar-refractivity contribution < 1.29 is 14.1 Å². The van der Waals surface area contributed by atoms with Gasteiger partial charge in [0, 0.05) is 37.7 Å². The summed E-state index contributed by atoms with van der Waals surface area (Å²) in [6.07, 6.45) is 0.224. The Bertz CT molecular complexity index is 707. The zero-order valence-corrected chi connectivity index (χ0v) is 14.8.